The maximum absolute atomic E-state index is 13.1. The van der Waals surface area contributed by atoms with Crippen LogP contribution in [0.4, 0.5) is 4.39 Å². The number of ketones is 1. The lowest BCUT2D eigenvalue weighted by Crippen LogP contribution is -2.30. The van der Waals surface area contributed by atoms with E-state index in [9.17, 15) is 9.18 Å². The zero-order valence-corrected chi connectivity index (χ0v) is 11.2. The Morgan fingerprint density at radius 1 is 1.42 bits per heavy atom. The number of rotatable bonds is 5. The summed E-state index contributed by atoms with van der Waals surface area (Å²) in [6.07, 6.45) is 2.20. The van der Waals surface area contributed by atoms with Gasteiger partial charge in [0.05, 0.1) is 6.61 Å². The van der Waals surface area contributed by atoms with E-state index in [0.29, 0.717) is 23.7 Å². The Morgan fingerprint density at radius 2 is 2.16 bits per heavy atom. The van der Waals surface area contributed by atoms with Gasteiger partial charge in [-0.1, -0.05) is 0 Å². The average Bonchev–Trinajstić information content (AvgIpc) is 2.43. The SMILES string of the molecule is Cc1cc(C(=O)COCC2CCNCC2)ccc1F. The van der Waals surface area contributed by atoms with Crippen molar-refractivity contribution >= 4 is 5.78 Å². The van der Waals surface area contributed by atoms with Crippen LogP contribution in [0.3, 0.4) is 0 Å². The first kappa shape index (κ1) is 14.2. The Balaban J connectivity index is 1.78. The van der Waals surface area contributed by atoms with Gasteiger partial charge >= 0.3 is 0 Å². The van der Waals surface area contributed by atoms with Crippen molar-refractivity contribution in [3.63, 3.8) is 0 Å². The van der Waals surface area contributed by atoms with Crippen molar-refractivity contribution in [1.82, 2.24) is 5.32 Å². The Bertz CT molecular complexity index is 442. The van der Waals surface area contributed by atoms with Gasteiger partial charge in [-0.25, -0.2) is 4.39 Å². The van der Waals surface area contributed by atoms with E-state index in [1.807, 2.05) is 0 Å². The summed E-state index contributed by atoms with van der Waals surface area (Å²) in [5, 5.41) is 3.29. The van der Waals surface area contributed by atoms with Crippen LogP contribution < -0.4 is 5.32 Å². The minimum absolute atomic E-state index is 0.0784. The van der Waals surface area contributed by atoms with E-state index in [4.69, 9.17) is 4.74 Å². The third-order valence-corrected chi connectivity index (χ3v) is 3.53. The van der Waals surface area contributed by atoms with E-state index in [2.05, 4.69) is 5.32 Å². The second kappa shape index (κ2) is 6.78. The van der Waals surface area contributed by atoms with Crippen LogP contribution in [-0.4, -0.2) is 32.1 Å². The third kappa shape index (κ3) is 4.11. The Hall–Kier alpha value is -1.26. The Morgan fingerprint density at radius 3 is 2.84 bits per heavy atom. The summed E-state index contributed by atoms with van der Waals surface area (Å²) in [5.41, 5.74) is 1.01. The number of carbonyl (C=O) groups excluding carboxylic acids is 1. The van der Waals surface area contributed by atoms with Crippen LogP contribution in [0.1, 0.15) is 28.8 Å². The number of hydrogen-bond donors (Lipinski definition) is 1. The first-order valence-corrected chi connectivity index (χ1v) is 6.74. The van der Waals surface area contributed by atoms with Gasteiger partial charge in [0.1, 0.15) is 12.4 Å². The predicted molar refractivity (Wildman–Crippen MR) is 71.9 cm³/mol. The van der Waals surface area contributed by atoms with Gasteiger partial charge in [-0.15, -0.1) is 0 Å². The molecular weight excluding hydrogens is 245 g/mol. The Kier molecular flexibility index (Phi) is 5.05. The molecule has 1 aromatic carbocycles. The maximum Gasteiger partial charge on any atom is 0.188 e. The second-order valence-electron chi connectivity index (χ2n) is 5.10. The summed E-state index contributed by atoms with van der Waals surface area (Å²) in [4.78, 5) is 11.9. The molecule has 1 aliphatic rings. The van der Waals surface area contributed by atoms with E-state index in [-0.39, 0.29) is 18.2 Å². The lowest BCUT2D eigenvalue weighted by Gasteiger charge is -2.22. The molecule has 0 aliphatic carbocycles. The number of aryl methyl sites for hydroxylation is 1. The summed E-state index contributed by atoms with van der Waals surface area (Å²) >= 11 is 0. The van der Waals surface area contributed by atoms with E-state index >= 15 is 0 Å². The molecule has 104 valence electrons. The molecule has 4 heteroatoms. The van der Waals surface area contributed by atoms with Crippen molar-refractivity contribution in [3.05, 3.63) is 35.1 Å². The van der Waals surface area contributed by atoms with Crippen LogP contribution in [0, 0.1) is 18.7 Å². The molecule has 0 aromatic heterocycles. The smallest absolute Gasteiger partial charge is 0.188 e. The molecular formula is C15H20FNO2. The fraction of sp³-hybridized carbons (Fsp3) is 0.533. The van der Waals surface area contributed by atoms with Crippen molar-refractivity contribution in [2.45, 2.75) is 19.8 Å². The van der Waals surface area contributed by atoms with Crippen LogP contribution in [0.5, 0.6) is 0 Å². The molecule has 1 saturated heterocycles. The highest BCUT2D eigenvalue weighted by Gasteiger charge is 2.14. The number of benzene rings is 1. The quantitative estimate of drug-likeness (QED) is 0.830. The molecule has 1 aromatic rings. The summed E-state index contributed by atoms with van der Waals surface area (Å²) in [5.74, 6) is 0.174. The summed E-state index contributed by atoms with van der Waals surface area (Å²) in [6.45, 7) is 4.42. The van der Waals surface area contributed by atoms with Crippen molar-refractivity contribution in [2.24, 2.45) is 5.92 Å². The van der Waals surface area contributed by atoms with Crippen molar-refractivity contribution in [3.8, 4) is 0 Å². The molecule has 2 rings (SSSR count). The van der Waals surface area contributed by atoms with Gasteiger partial charge in [0.15, 0.2) is 5.78 Å². The highest BCUT2D eigenvalue weighted by atomic mass is 19.1. The minimum atomic E-state index is -0.285. The van der Waals surface area contributed by atoms with E-state index in [1.165, 1.54) is 12.1 Å². The fourth-order valence-corrected chi connectivity index (χ4v) is 2.27. The van der Waals surface area contributed by atoms with Crippen LogP contribution in [0.2, 0.25) is 0 Å². The number of piperidine rings is 1. The molecule has 0 radical (unpaired) electrons. The molecule has 1 fully saturated rings. The van der Waals surface area contributed by atoms with Gasteiger partial charge in [0.2, 0.25) is 0 Å². The van der Waals surface area contributed by atoms with Gasteiger partial charge < -0.3 is 10.1 Å². The first-order valence-electron chi connectivity index (χ1n) is 6.74. The second-order valence-corrected chi connectivity index (χ2v) is 5.10. The van der Waals surface area contributed by atoms with Crippen LogP contribution in [0.25, 0.3) is 0 Å². The molecule has 1 heterocycles. The molecule has 1 N–H and O–H groups in total. The topological polar surface area (TPSA) is 38.3 Å². The minimum Gasteiger partial charge on any atom is -0.373 e. The van der Waals surface area contributed by atoms with Gasteiger partial charge in [0.25, 0.3) is 0 Å². The highest BCUT2D eigenvalue weighted by molar-refractivity contribution is 5.97. The number of ether oxygens (including phenoxy) is 1. The standard InChI is InChI=1S/C15H20FNO2/c1-11-8-13(2-3-14(11)16)15(18)10-19-9-12-4-6-17-7-5-12/h2-3,8,12,17H,4-7,9-10H2,1H3. The number of nitrogens with one attached hydrogen (secondary N) is 1. The van der Waals surface area contributed by atoms with Gasteiger partial charge in [-0.05, 0) is 62.5 Å². The monoisotopic (exact) mass is 265 g/mol. The molecule has 0 atom stereocenters. The predicted octanol–water partition coefficient (Wildman–Crippen LogP) is 2.33. The van der Waals surface area contributed by atoms with E-state index < -0.39 is 0 Å². The van der Waals surface area contributed by atoms with E-state index in [1.54, 1.807) is 13.0 Å². The summed E-state index contributed by atoms with van der Waals surface area (Å²) < 4.78 is 18.6. The largest absolute Gasteiger partial charge is 0.373 e. The zero-order valence-electron chi connectivity index (χ0n) is 11.2. The molecule has 1 aliphatic heterocycles. The molecule has 0 amide bonds. The highest BCUT2D eigenvalue weighted by Crippen LogP contribution is 2.13. The number of carbonyl (C=O) groups is 1. The van der Waals surface area contributed by atoms with Crippen molar-refractivity contribution < 1.29 is 13.9 Å². The van der Waals surface area contributed by atoms with E-state index in [0.717, 1.165) is 25.9 Å². The van der Waals surface area contributed by atoms with Crippen LogP contribution in [-0.2, 0) is 4.74 Å². The van der Waals surface area contributed by atoms with Crippen molar-refractivity contribution in [1.29, 1.82) is 0 Å². The molecule has 0 saturated carbocycles. The summed E-state index contributed by atoms with van der Waals surface area (Å²) in [7, 11) is 0. The lowest BCUT2D eigenvalue weighted by atomic mass is 9.99. The van der Waals surface area contributed by atoms with Crippen LogP contribution >= 0.6 is 0 Å². The lowest BCUT2D eigenvalue weighted by molar-refractivity contribution is 0.0638. The van der Waals surface area contributed by atoms with Gasteiger partial charge in [0, 0.05) is 5.56 Å². The number of hydrogen-bond acceptors (Lipinski definition) is 3. The molecule has 0 bridgehead atoms. The fourth-order valence-electron chi connectivity index (χ4n) is 2.27. The summed E-state index contributed by atoms with van der Waals surface area (Å²) in [6, 6.07) is 4.42. The maximum atomic E-state index is 13.1. The number of Topliss-reactive ketones (excluding diaryl/α,β-unsaturated/α-hetero) is 1. The zero-order chi connectivity index (χ0) is 13.7. The van der Waals surface area contributed by atoms with Crippen molar-refractivity contribution in [2.75, 3.05) is 26.3 Å². The van der Waals surface area contributed by atoms with Gasteiger partial charge in [-0.2, -0.15) is 0 Å². The normalized spacial score (nSPS) is 16.5. The first-order chi connectivity index (χ1) is 9.16. The molecule has 0 spiro atoms. The average molecular weight is 265 g/mol. The molecule has 3 nitrogen and oxygen atoms in total. The van der Waals surface area contributed by atoms with Crippen LogP contribution in [0.15, 0.2) is 18.2 Å². The molecule has 19 heavy (non-hydrogen) atoms. The molecule has 0 unspecified atom stereocenters. The van der Waals surface area contributed by atoms with Gasteiger partial charge in [-0.3, -0.25) is 4.79 Å². The third-order valence-electron chi connectivity index (χ3n) is 3.53. The number of halogens is 1. The Labute approximate surface area is 113 Å².